The number of hydrogen-bond donors (Lipinski definition) is 2. The molecule has 0 aromatic heterocycles. The molecule has 1 fully saturated rings. The second kappa shape index (κ2) is 2.05. The van der Waals surface area contributed by atoms with E-state index in [1.165, 1.54) is 0 Å². The van der Waals surface area contributed by atoms with Crippen LogP contribution in [0.4, 0.5) is 0 Å². The number of rotatable bonds is 1. The number of hydrogen-bond acceptors (Lipinski definition) is 2. The van der Waals surface area contributed by atoms with Crippen LogP contribution < -0.4 is 11.1 Å². The molecule has 0 atom stereocenters. The lowest BCUT2D eigenvalue weighted by Crippen LogP contribution is -2.37. The predicted octanol–water partition coefficient (Wildman–Crippen LogP) is -1.25. The van der Waals surface area contributed by atoms with Crippen LogP contribution in [0.15, 0.2) is 0 Å². The lowest BCUT2D eigenvalue weighted by molar-refractivity contribution is -0.137. The molecule has 0 spiro atoms. The average molecular weight is 128 g/mol. The first-order valence-electron chi connectivity index (χ1n) is 2.80. The lowest BCUT2D eigenvalue weighted by Gasteiger charge is -1.95. The Morgan fingerprint density at radius 3 is 2.33 bits per heavy atom. The van der Waals surface area contributed by atoms with E-state index in [1.54, 1.807) is 0 Å². The van der Waals surface area contributed by atoms with E-state index in [2.05, 4.69) is 11.1 Å². The SMILES string of the molecule is NC(=O)C(=O)NC1CC1. The van der Waals surface area contributed by atoms with Gasteiger partial charge in [0.25, 0.3) is 0 Å². The van der Waals surface area contributed by atoms with Crippen LogP contribution >= 0.6 is 0 Å². The molecule has 2 amide bonds. The highest BCUT2D eigenvalue weighted by molar-refractivity contribution is 6.34. The van der Waals surface area contributed by atoms with Gasteiger partial charge in [0.15, 0.2) is 0 Å². The van der Waals surface area contributed by atoms with Gasteiger partial charge in [-0.15, -0.1) is 0 Å². The second-order valence-corrected chi connectivity index (χ2v) is 2.11. The van der Waals surface area contributed by atoms with Gasteiger partial charge in [0.1, 0.15) is 0 Å². The molecule has 0 bridgehead atoms. The van der Waals surface area contributed by atoms with Crippen molar-refractivity contribution in [2.75, 3.05) is 0 Å². The Kier molecular flexibility index (Phi) is 1.38. The molecule has 4 nitrogen and oxygen atoms in total. The first-order chi connectivity index (χ1) is 4.20. The first kappa shape index (κ1) is 6.07. The molecule has 0 saturated heterocycles. The van der Waals surface area contributed by atoms with E-state index >= 15 is 0 Å². The van der Waals surface area contributed by atoms with Gasteiger partial charge in [0.05, 0.1) is 0 Å². The third-order valence-electron chi connectivity index (χ3n) is 1.14. The Morgan fingerprint density at radius 2 is 2.00 bits per heavy atom. The molecule has 0 radical (unpaired) electrons. The van der Waals surface area contributed by atoms with Crippen molar-refractivity contribution < 1.29 is 9.59 Å². The van der Waals surface area contributed by atoms with E-state index in [0.29, 0.717) is 0 Å². The Balaban J connectivity index is 2.25. The third kappa shape index (κ3) is 1.71. The van der Waals surface area contributed by atoms with Crippen LogP contribution in [0.1, 0.15) is 12.8 Å². The lowest BCUT2D eigenvalue weighted by atomic mass is 10.5. The summed E-state index contributed by atoms with van der Waals surface area (Å²) in [5.74, 6) is -1.57. The van der Waals surface area contributed by atoms with Gasteiger partial charge in [-0.25, -0.2) is 0 Å². The van der Waals surface area contributed by atoms with Crippen LogP contribution in [0.2, 0.25) is 0 Å². The van der Waals surface area contributed by atoms with Crippen molar-refractivity contribution in [1.82, 2.24) is 5.32 Å². The zero-order chi connectivity index (χ0) is 6.85. The molecule has 1 aliphatic carbocycles. The highest BCUT2D eigenvalue weighted by Gasteiger charge is 2.24. The van der Waals surface area contributed by atoms with Gasteiger partial charge < -0.3 is 11.1 Å². The summed E-state index contributed by atoms with van der Waals surface area (Å²) in [5.41, 5.74) is 4.66. The number of nitrogens with two attached hydrogens (primary N) is 1. The highest BCUT2D eigenvalue weighted by Crippen LogP contribution is 2.17. The van der Waals surface area contributed by atoms with Gasteiger partial charge in [-0.05, 0) is 12.8 Å². The molecule has 0 aromatic rings. The van der Waals surface area contributed by atoms with E-state index in [1.807, 2.05) is 0 Å². The smallest absolute Gasteiger partial charge is 0.309 e. The van der Waals surface area contributed by atoms with Crippen LogP contribution in [0.3, 0.4) is 0 Å². The topological polar surface area (TPSA) is 72.2 Å². The maximum Gasteiger partial charge on any atom is 0.309 e. The minimum Gasteiger partial charge on any atom is -0.361 e. The van der Waals surface area contributed by atoms with Crippen molar-refractivity contribution in [2.45, 2.75) is 18.9 Å². The van der Waals surface area contributed by atoms with Gasteiger partial charge in [-0.1, -0.05) is 0 Å². The minimum absolute atomic E-state index is 0.213. The Morgan fingerprint density at radius 1 is 1.44 bits per heavy atom. The van der Waals surface area contributed by atoms with Crippen LogP contribution in [0.5, 0.6) is 0 Å². The molecule has 1 aliphatic rings. The molecule has 1 saturated carbocycles. The first-order valence-corrected chi connectivity index (χ1v) is 2.80. The summed E-state index contributed by atoms with van der Waals surface area (Å²) in [6.07, 6.45) is 1.94. The van der Waals surface area contributed by atoms with E-state index in [0.717, 1.165) is 12.8 Å². The van der Waals surface area contributed by atoms with Crippen LogP contribution in [0, 0.1) is 0 Å². The summed E-state index contributed by atoms with van der Waals surface area (Å²) >= 11 is 0. The third-order valence-corrected chi connectivity index (χ3v) is 1.14. The van der Waals surface area contributed by atoms with Gasteiger partial charge in [-0.2, -0.15) is 0 Å². The molecular formula is C5H8N2O2. The monoisotopic (exact) mass is 128 g/mol. The van der Waals surface area contributed by atoms with Crippen molar-refractivity contribution in [1.29, 1.82) is 0 Å². The standard InChI is InChI=1S/C5H8N2O2/c6-4(8)5(9)7-3-1-2-3/h3H,1-2H2,(H2,6,8)(H,7,9). The number of amides is 2. The van der Waals surface area contributed by atoms with E-state index in [4.69, 9.17) is 0 Å². The van der Waals surface area contributed by atoms with Crippen LogP contribution in [-0.4, -0.2) is 17.9 Å². The Hall–Kier alpha value is -1.06. The maximum atomic E-state index is 10.4. The van der Waals surface area contributed by atoms with Crippen molar-refractivity contribution >= 4 is 11.8 Å². The molecular weight excluding hydrogens is 120 g/mol. The summed E-state index contributed by atoms with van der Waals surface area (Å²) in [5, 5.41) is 2.44. The Labute approximate surface area is 52.4 Å². The van der Waals surface area contributed by atoms with Gasteiger partial charge in [0.2, 0.25) is 0 Å². The zero-order valence-corrected chi connectivity index (χ0v) is 4.89. The molecule has 0 heterocycles. The average Bonchev–Trinajstić information content (AvgIpc) is 2.50. The van der Waals surface area contributed by atoms with E-state index in [9.17, 15) is 9.59 Å². The summed E-state index contributed by atoms with van der Waals surface area (Å²) in [6.45, 7) is 0. The second-order valence-electron chi connectivity index (χ2n) is 2.11. The molecule has 4 heteroatoms. The fourth-order valence-corrected chi connectivity index (χ4v) is 0.484. The normalized spacial score (nSPS) is 16.9. The van der Waals surface area contributed by atoms with Crippen LogP contribution in [-0.2, 0) is 9.59 Å². The number of carbonyl (C=O) groups is 2. The summed E-state index contributed by atoms with van der Waals surface area (Å²) in [4.78, 5) is 20.5. The largest absolute Gasteiger partial charge is 0.361 e. The number of primary amides is 1. The maximum absolute atomic E-state index is 10.4. The van der Waals surface area contributed by atoms with Crippen LogP contribution in [0.25, 0.3) is 0 Å². The minimum atomic E-state index is -0.901. The molecule has 9 heavy (non-hydrogen) atoms. The van der Waals surface area contributed by atoms with E-state index in [-0.39, 0.29) is 6.04 Å². The molecule has 50 valence electrons. The van der Waals surface area contributed by atoms with Crippen molar-refractivity contribution in [3.05, 3.63) is 0 Å². The fraction of sp³-hybridized carbons (Fsp3) is 0.600. The van der Waals surface area contributed by atoms with E-state index < -0.39 is 11.8 Å². The summed E-state index contributed by atoms with van der Waals surface area (Å²) in [7, 11) is 0. The number of nitrogens with one attached hydrogen (secondary N) is 1. The summed E-state index contributed by atoms with van der Waals surface area (Å²) < 4.78 is 0. The number of carbonyl (C=O) groups excluding carboxylic acids is 2. The highest BCUT2D eigenvalue weighted by atomic mass is 16.2. The molecule has 3 N–H and O–H groups in total. The van der Waals surface area contributed by atoms with Gasteiger partial charge >= 0.3 is 11.8 Å². The van der Waals surface area contributed by atoms with Gasteiger partial charge in [-0.3, -0.25) is 9.59 Å². The quantitative estimate of drug-likeness (QED) is 0.433. The zero-order valence-electron chi connectivity index (χ0n) is 4.89. The predicted molar refractivity (Wildman–Crippen MR) is 30.4 cm³/mol. The molecule has 1 rings (SSSR count). The fourth-order valence-electron chi connectivity index (χ4n) is 0.484. The molecule has 0 aliphatic heterocycles. The van der Waals surface area contributed by atoms with Gasteiger partial charge in [0, 0.05) is 6.04 Å². The summed E-state index contributed by atoms with van der Waals surface area (Å²) in [6, 6.07) is 0.213. The van der Waals surface area contributed by atoms with Crippen molar-refractivity contribution in [3.8, 4) is 0 Å². The molecule has 0 unspecified atom stereocenters. The molecule has 0 aromatic carbocycles. The van der Waals surface area contributed by atoms with Crippen molar-refractivity contribution in [3.63, 3.8) is 0 Å². The van der Waals surface area contributed by atoms with Crippen molar-refractivity contribution in [2.24, 2.45) is 5.73 Å². The Bertz CT molecular complexity index is 151.